The van der Waals surface area contributed by atoms with Crippen molar-refractivity contribution in [1.82, 2.24) is 15.0 Å². The van der Waals surface area contributed by atoms with Crippen molar-refractivity contribution < 1.29 is 9.59 Å². The lowest BCUT2D eigenvalue weighted by Gasteiger charge is -2.05. The zero-order valence-corrected chi connectivity index (χ0v) is 20.2. The lowest BCUT2D eigenvalue weighted by atomic mass is 10.1. The molecule has 3 aromatic carbocycles. The van der Waals surface area contributed by atoms with E-state index >= 15 is 0 Å². The minimum Gasteiger partial charge on any atom is -0.338 e. The monoisotopic (exact) mass is 487 g/mol. The van der Waals surface area contributed by atoms with Gasteiger partial charge in [-0.2, -0.15) is 0 Å². The van der Waals surface area contributed by atoms with Crippen LogP contribution in [-0.4, -0.2) is 26.8 Å². The molecular weight excluding hydrogens is 462 g/mol. The maximum atomic E-state index is 13.0. The van der Waals surface area contributed by atoms with E-state index in [1.807, 2.05) is 60.7 Å². The number of benzene rings is 3. The molecule has 37 heavy (non-hydrogen) atoms. The fourth-order valence-electron chi connectivity index (χ4n) is 4.91. The van der Waals surface area contributed by atoms with Crippen molar-refractivity contribution in [1.29, 1.82) is 0 Å². The molecule has 0 bridgehead atoms. The molecule has 0 spiro atoms. The van der Waals surface area contributed by atoms with Gasteiger partial charge >= 0.3 is 0 Å². The van der Waals surface area contributed by atoms with E-state index < -0.39 is 0 Å². The molecule has 1 aliphatic rings. The van der Waals surface area contributed by atoms with Gasteiger partial charge in [-0.15, -0.1) is 0 Å². The number of hydrogen-bond donors (Lipinski definition) is 3. The van der Waals surface area contributed by atoms with E-state index in [2.05, 4.69) is 44.6 Å². The first-order valence-corrected chi connectivity index (χ1v) is 12.2. The first-order valence-electron chi connectivity index (χ1n) is 12.2. The van der Waals surface area contributed by atoms with Crippen molar-refractivity contribution in [3.63, 3.8) is 0 Å². The zero-order chi connectivity index (χ0) is 25.4. The fraction of sp³-hybridized carbons (Fsp3) is 0.133. The van der Waals surface area contributed by atoms with Crippen LogP contribution in [0, 0.1) is 11.8 Å². The van der Waals surface area contributed by atoms with Crippen LogP contribution < -0.4 is 10.6 Å². The molecule has 2 aromatic heterocycles. The van der Waals surface area contributed by atoms with Gasteiger partial charge in [0.15, 0.2) is 0 Å². The molecule has 6 rings (SSSR count). The van der Waals surface area contributed by atoms with Crippen molar-refractivity contribution in [2.75, 3.05) is 10.6 Å². The topological polar surface area (TPSA) is 99.8 Å². The Bertz CT molecular complexity index is 1580. The number of H-pyrrole nitrogens is 1. The van der Waals surface area contributed by atoms with Crippen LogP contribution in [-0.2, 0) is 4.79 Å². The second-order valence-corrected chi connectivity index (χ2v) is 9.40. The van der Waals surface area contributed by atoms with E-state index in [4.69, 9.17) is 0 Å². The number of rotatable bonds is 6. The molecule has 0 saturated heterocycles. The van der Waals surface area contributed by atoms with Crippen molar-refractivity contribution in [3.8, 4) is 11.4 Å². The average molecular weight is 488 g/mol. The van der Waals surface area contributed by atoms with Gasteiger partial charge in [0.1, 0.15) is 5.82 Å². The number of carbonyl (C=O) groups is 2. The lowest BCUT2D eigenvalue weighted by Crippen LogP contribution is -2.15. The van der Waals surface area contributed by atoms with Gasteiger partial charge in [0.05, 0.1) is 16.6 Å². The summed E-state index contributed by atoms with van der Waals surface area (Å²) in [6.45, 7) is 2.13. The quantitative estimate of drug-likeness (QED) is 0.279. The minimum absolute atomic E-state index is 0.0208. The molecule has 2 amide bonds. The predicted octanol–water partition coefficient (Wildman–Crippen LogP) is 5.87. The van der Waals surface area contributed by atoms with Crippen LogP contribution in [0.5, 0.6) is 0 Å². The smallest absolute Gasteiger partial charge is 0.257 e. The molecule has 3 N–H and O–H groups in total. The summed E-state index contributed by atoms with van der Waals surface area (Å²) in [5.74, 6) is 1.11. The normalized spacial score (nSPS) is 18.4. The Morgan fingerprint density at radius 1 is 0.865 bits per heavy atom. The third kappa shape index (κ3) is 4.59. The van der Waals surface area contributed by atoms with Crippen molar-refractivity contribution in [3.05, 3.63) is 108 Å². The molecule has 1 fully saturated rings. The highest BCUT2D eigenvalue weighted by atomic mass is 16.2. The number of aromatic amines is 1. The second kappa shape index (κ2) is 9.35. The molecule has 0 aliphatic heterocycles. The van der Waals surface area contributed by atoms with Crippen LogP contribution in [0.2, 0.25) is 0 Å². The lowest BCUT2D eigenvalue weighted by molar-refractivity contribution is -0.117. The largest absolute Gasteiger partial charge is 0.338 e. The number of amides is 2. The van der Waals surface area contributed by atoms with Gasteiger partial charge in [0.2, 0.25) is 5.91 Å². The number of nitrogens with zero attached hydrogens (tertiary/aromatic N) is 2. The second-order valence-electron chi connectivity index (χ2n) is 9.40. The number of nitrogens with one attached hydrogen (secondary N) is 3. The van der Waals surface area contributed by atoms with Crippen LogP contribution in [0.15, 0.2) is 97.3 Å². The van der Waals surface area contributed by atoms with Gasteiger partial charge in [0.25, 0.3) is 5.91 Å². The van der Waals surface area contributed by atoms with Gasteiger partial charge < -0.3 is 15.6 Å². The van der Waals surface area contributed by atoms with Gasteiger partial charge in [-0.3, -0.25) is 14.6 Å². The van der Waals surface area contributed by atoms with Gasteiger partial charge in [-0.05, 0) is 72.0 Å². The molecule has 182 valence electrons. The van der Waals surface area contributed by atoms with Crippen LogP contribution >= 0.6 is 0 Å². The molecule has 7 heteroatoms. The minimum atomic E-state index is -0.213. The van der Waals surface area contributed by atoms with Crippen LogP contribution in [0.4, 0.5) is 11.4 Å². The third-order valence-electron chi connectivity index (χ3n) is 6.96. The zero-order valence-electron chi connectivity index (χ0n) is 20.2. The highest BCUT2D eigenvalue weighted by Gasteiger charge is 2.52. The molecule has 5 aromatic rings. The number of aromatic nitrogens is 3. The summed E-state index contributed by atoms with van der Waals surface area (Å²) >= 11 is 0. The summed E-state index contributed by atoms with van der Waals surface area (Å²) in [5, 5.41) is 5.95. The van der Waals surface area contributed by atoms with Crippen LogP contribution in [0.25, 0.3) is 22.4 Å². The fourth-order valence-corrected chi connectivity index (χ4v) is 4.91. The Kier molecular flexibility index (Phi) is 5.73. The Balaban J connectivity index is 1.14. The molecule has 2 heterocycles. The number of imidazole rings is 1. The number of pyridine rings is 1. The maximum absolute atomic E-state index is 13.0. The summed E-state index contributed by atoms with van der Waals surface area (Å²) in [4.78, 5) is 37.3. The summed E-state index contributed by atoms with van der Waals surface area (Å²) in [6.07, 6.45) is 3.16. The Morgan fingerprint density at radius 3 is 2.41 bits per heavy atom. The molecular formula is C30H25N5O2. The van der Waals surface area contributed by atoms with E-state index in [0.29, 0.717) is 23.0 Å². The first-order chi connectivity index (χ1) is 18.1. The van der Waals surface area contributed by atoms with Crippen molar-refractivity contribution in [2.24, 2.45) is 11.8 Å². The first kappa shape index (κ1) is 22.7. The van der Waals surface area contributed by atoms with Crippen molar-refractivity contribution >= 4 is 34.2 Å². The SMILES string of the molecule is CC1C(C(=O)Nc2ccc3nc(-c4ccc(NC(=O)c5cccnc5)cc4)[nH]c3c2)C1c1ccccc1. The van der Waals surface area contributed by atoms with E-state index in [1.54, 1.807) is 18.3 Å². The molecule has 7 nitrogen and oxygen atoms in total. The standard InChI is InChI=1S/C30H25N5O2/c1-18-26(19-6-3-2-4-7-19)27(18)30(37)33-23-13-14-24-25(16-23)35-28(34-24)20-9-11-22(12-10-20)32-29(36)21-8-5-15-31-17-21/h2-18,26-27H,1H3,(H,32,36)(H,33,37)(H,34,35). The number of hydrogen-bond acceptors (Lipinski definition) is 4. The molecule has 0 radical (unpaired) electrons. The highest BCUT2D eigenvalue weighted by molar-refractivity contribution is 6.04. The van der Waals surface area contributed by atoms with E-state index in [1.165, 1.54) is 11.8 Å². The van der Waals surface area contributed by atoms with Gasteiger partial charge in [0, 0.05) is 35.2 Å². The Labute approximate surface area is 214 Å². The van der Waals surface area contributed by atoms with Crippen LogP contribution in [0.1, 0.15) is 28.8 Å². The summed E-state index contributed by atoms with van der Waals surface area (Å²) in [6, 6.07) is 26.8. The predicted molar refractivity (Wildman–Crippen MR) is 144 cm³/mol. The van der Waals surface area contributed by atoms with E-state index in [9.17, 15) is 9.59 Å². The molecule has 1 aliphatic carbocycles. The maximum Gasteiger partial charge on any atom is 0.257 e. The Hall–Kier alpha value is -4.78. The van der Waals surface area contributed by atoms with Crippen LogP contribution in [0.3, 0.4) is 0 Å². The molecule has 3 unspecified atom stereocenters. The van der Waals surface area contributed by atoms with E-state index in [-0.39, 0.29) is 23.7 Å². The summed E-state index contributed by atoms with van der Waals surface area (Å²) in [7, 11) is 0. The van der Waals surface area contributed by atoms with E-state index in [0.717, 1.165) is 22.3 Å². The number of fused-ring (bicyclic) bond motifs is 1. The average Bonchev–Trinajstić information content (AvgIpc) is 3.43. The number of anilines is 2. The Morgan fingerprint density at radius 2 is 1.65 bits per heavy atom. The third-order valence-corrected chi connectivity index (χ3v) is 6.96. The molecule has 3 atom stereocenters. The summed E-state index contributed by atoms with van der Waals surface area (Å²) in [5.41, 5.74) is 5.67. The van der Waals surface area contributed by atoms with Gasteiger partial charge in [-0.25, -0.2) is 4.98 Å². The highest BCUT2D eigenvalue weighted by Crippen LogP contribution is 2.54. The summed E-state index contributed by atoms with van der Waals surface area (Å²) < 4.78 is 0. The number of carbonyl (C=O) groups excluding carboxylic acids is 2. The molecule has 1 saturated carbocycles. The van der Waals surface area contributed by atoms with Gasteiger partial charge in [-0.1, -0.05) is 37.3 Å². The van der Waals surface area contributed by atoms with Crippen molar-refractivity contribution in [2.45, 2.75) is 12.8 Å².